The van der Waals surface area contributed by atoms with Crippen molar-refractivity contribution in [2.75, 3.05) is 13.1 Å². The molecule has 9 heteroatoms. The van der Waals surface area contributed by atoms with Gasteiger partial charge in [-0.1, -0.05) is 5.16 Å². The molecule has 28 heavy (non-hydrogen) atoms. The third kappa shape index (κ3) is 3.67. The highest BCUT2D eigenvalue weighted by Gasteiger charge is 2.32. The van der Waals surface area contributed by atoms with Gasteiger partial charge in [-0.15, -0.1) is 0 Å². The fourth-order valence-electron chi connectivity index (χ4n) is 3.22. The molecule has 0 spiro atoms. The molecule has 6 nitrogen and oxygen atoms in total. The Bertz CT molecular complexity index is 1060. The van der Waals surface area contributed by atoms with Crippen LogP contribution in [0.2, 0.25) is 0 Å². The monoisotopic (exact) mass is 405 g/mol. The summed E-state index contributed by atoms with van der Waals surface area (Å²) in [7, 11) is -3.66. The van der Waals surface area contributed by atoms with Gasteiger partial charge in [0.1, 0.15) is 11.6 Å². The molecule has 2 aromatic carbocycles. The van der Waals surface area contributed by atoms with E-state index in [1.165, 1.54) is 28.6 Å². The first-order valence-corrected chi connectivity index (χ1v) is 10.2. The van der Waals surface area contributed by atoms with Crippen molar-refractivity contribution >= 4 is 10.0 Å². The van der Waals surface area contributed by atoms with Gasteiger partial charge >= 0.3 is 0 Å². The summed E-state index contributed by atoms with van der Waals surface area (Å²) in [6, 6.07) is 10.6. The Morgan fingerprint density at radius 3 is 2.11 bits per heavy atom. The molecule has 146 valence electrons. The van der Waals surface area contributed by atoms with Crippen LogP contribution in [0.1, 0.15) is 24.7 Å². The van der Waals surface area contributed by atoms with E-state index >= 15 is 0 Å². The Labute approximate surface area is 160 Å². The standard InChI is InChI=1S/C19H17F2N3O3S/c20-15-3-1-13(2-4-15)18-22-19(27-23-18)14-9-11-24(12-10-14)28(25,26)17-7-5-16(21)6-8-17/h1-8,14H,9-12H2. The molecule has 1 aliphatic heterocycles. The van der Waals surface area contributed by atoms with Crippen LogP contribution in [0.4, 0.5) is 8.78 Å². The molecule has 1 aliphatic rings. The molecule has 0 aliphatic carbocycles. The summed E-state index contributed by atoms with van der Waals surface area (Å²) in [5, 5.41) is 3.94. The van der Waals surface area contributed by atoms with Gasteiger partial charge in [0, 0.05) is 24.6 Å². The molecule has 0 bridgehead atoms. The van der Waals surface area contributed by atoms with Gasteiger partial charge in [0.25, 0.3) is 0 Å². The number of benzene rings is 2. The van der Waals surface area contributed by atoms with E-state index in [4.69, 9.17) is 4.52 Å². The van der Waals surface area contributed by atoms with Gasteiger partial charge < -0.3 is 4.52 Å². The van der Waals surface area contributed by atoms with E-state index in [2.05, 4.69) is 10.1 Å². The molecule has 3 aromatic rings. The smallest absolute Gasteiger partial charge is 0.243 e. The summed E-state index contributed by atoms with van der Waals surface area (Å²) < 4.78 is 58.2. The SMILES string of the molecule is O=S(=O)(c1ccc(F)cc1)N1CCC(c2nc(-c3ccc(F)cc3)no2)CC1. The van der Waals surface area contributed by atoms with Crippen LogP contribution in [0, 0.1) is 11.6 Å². The van der Waals surface area contributed by atoms with Gasteiger partial charge in [-0.05, 0) is 61.4 Å². The minimum absolute atomic E-state index is 0.0543. The van der Waals surface area contributed by atoms with Crippen molar-refractivity contribution in [3.05, 3.63) is 66.1 Å². The zero-order chi connectivity index (χ0) is 19.7. The number of aromatic nitrogens is 2. The molecule has 0 N–H and O–H groups in total. The first kappa shape index (κ1) is 18.7. The third-order valence-corrected chi connectivity index (χ3v) is 6.71. The van der Waals surface area contributed by atoms with Crippen molar-refractivity contribution in [2.45, 2.75) is 23.7 Å². The number of halogens is 2. The molecule has 1 saturated heterocycles. The van der Waals surface area contributed by atoms with Crippen molar-refractivity contribution in [1.29, 1.82) is 0 Å². The zero-order valence-corrected chi connectivity index (χ0v) is 15.6. The molecule has 0 radical (unpaired) electrons. The van der Waals surface area contributed by atoms with Gasteiger partial charge in [-0.25, -0.2) is 17.2 Å². The predicted molar refractivity (Wildman–Crippen MR) is 96.8 cm³/mol. The number of hydrogen-bond donors (Lipinski definition) is 0. The maximum atomic E-state index is 13.1. The fraction of sp³-hybridized carbons (Fsp3) is 0.263. The quantitative estimate of drug-likeness (QED) is 0.663. The predicted octanol–water partition coefficient (Wildman–Crippen LogP) is 3.58. The number of hydrogen-bond acceptors (Lipinski definition) is 5. The van der Waals surface area contributed by atoms with Crippen LogP contribution in [0.3, 0.4) is 0 Å². The van der Waals surface area contributed by atoms with E-state index in [0.717, 1.165) is 12.1 Å². The first-order chi connectivity index (χ1) is 13.4. The second-order valence-corrected chi connectivity index (χ2v) is 8.53. The average Bonchev–Trinajstić information content (AvgIpc) is 3.19. The molecular formula is C19H17F2N3O3S. The average molecular weight is 405 g/mol. The van der Waals surface area contributed by atoms with E-state index < -0.39 is 15.8 Å². The van der Waals surface area contributed by atoms with E-state index in [1.807, 2.05) is 0 Å². The summed E-state index contributed by atoms with van der Waals surface area (Å²) in [5.74, 6) is -0.0656. The van der Waals surface area contributed by atoms with Crippen LogP contribution in [-0.2, 0) is 10.0 Å². The van der Waals surface area contributed by atoms with E-state index in [9.17, 15) is 17.2 Å². The molecule has 4 rings (SSSR count). The molecule has 1 aromatic heterocycles. The van der Waals surface area contributed by atoms with Crippen LogP contribution in [0.15, 0.2) is 57.9 Å². The van der Waals surface area contributed by atoms with Gasteiger partial charge in [0.2, 0.25) is 21.7 Å². The van der Waals surface area contributed by atoms with Gasteiger partial charge in [0.15, 0.2) is 0 Å². The second-order valence-electron chi connectivity index (χ2n) is 6.60. The van der Waals surface area contributed by atoms with Crippen molar-refractivity contribution in [3.8, 4) is 11.4 Å². The maximum absolute atomic E-state index is 13.1. The largest absolute Gasteiger partial charge is 0.339 e. The Balaban J connectivity index is 1.44. The van der Waals surface area contributed by atoms with Crippen molar-refractivity contribution in [3.63, 3.8) is 0 Å². The normalized spacial score (nSPS) is 16.4. The highest BCUT2D eigenvalue weighted by Crippen LogP contribution is 2.31. The molecular weight excluding hydrogens is 388 g/mol. The Morgan fingerprint density at radius 2 is 1.50 bits per heavy atom. The highest BCUT2D eigenvalue weighted by molar-refractivity contribution is 7.89. The molecule has 1 fully saturated rings. The first-order valence-electron chi connectivity index (χ1n) is 8.79. The van der Waals surface area contributed by atoms with E-state index in [0.29, 0.717) is 43.2 Å². The van der Waals surface area contributed by atoms with Crippen LogP contribution in [0.5, 0.6) is 0 Å². The number of nitrogens with zero attached hydrogens (tertiary/aromatic N) is 3. The van der Waals surface area contributed by atoms with Crippen molar-refractivity contribution in [2.24, 2.45) is 0 Å². The van der Waals surface area contributed by atoms with Crippen molar-refractivity contribution in [1.82, 2.24) is 14.4 Å². The Morgan fingerprint density at radius 1 is 0.929 bits per heavy atom. The summed E-state index contributed by atoms with van der Waals surface area (Å²) in [6.45, 7) is 0.608. The van der Waals surface area contributed by atoms with Crippen LogP contribution >= 0.6 is 0 Å². The summed E-state index contributed by atoms with van der Waals surface area (Å²) in [4.78, 5) is 4.45. The lowest BCUT2D eigenvalue weighted by molar-refractivity contribution is 0.271. The Hall–Kier alpha value is -2.65. The highest BCUT2D eigenvalue weighted by atomic mass is 32.2. The number of rotatable bonds is 4. The van der Waals surface area contributed by atoms with Crippen molar-refractivity contribution < 1.29 is 21.7 Å². The molecule has 0 unspecified atom stereocenters. The minimum Gasteiger partial charge on any atom is -0.339 e. The lowest BCUT2D eigenvalue weighted by Gasteiger charge is -2.29. The molecule has 0 atom stereocenters. The minimum atomic E-state index is -3.66. The summed E-state index contributed by atoms with van der Waals surface area (Å²) in [6.07, 6.45) is 1.07. The van der Waals surface area contributed by atoms with Crippen LogP contribution in [0.25, 0.3) is 11.4 Å². The lowest BCUT2D eigenvalue weighted by atomic mass is 9.98. The molecule has 0 amide bonds. The summed E-state index contributed by atoms with van der Waals surface area (Å²) in [5.41, 5.74) is 0.646. The molecule has 0 saturated carbocycles. The Kier molecular flexibility index (Phi) is 4.94. The van der Waals surface area contributed by atoms with E-state index in [-0.39, 0.29) is 16.6 Å². The summed E-state index contributed by atoms with van der Waals surface area (Å²) >= 11 is 0. The zero-order valence-electron chi connectivity index (χ0n) is 14.8. The van der Waals surface area contributed by atoms with Gasteiger partial charge in [-0.3, -0.25) is 0 Å². The molecule has 2 heterocycles. The fourth-order valence-corrected chi connectivity index (χ4v) is 4.69. The third-order valence-electron chi connectivity index (χ3n) is 4.80. The van der Waals surface area contributed by atoms with E-state index in [1.54, 1.807) is 12.1 Å². The van der Waals surface area contributed by atoms with Crippen LogP contribution < -0.4 is 0 Å². The topological polar surface area (TPSA) is 76.3 Å². The number of sulfonamides is 1. The maximum Gasteiger partial charge on any atom is 0.243 e. The lowest BCUT2D eigenvalue weighted by Crippen LogP contribution is -2.37. The van der Waals surface area contributed by atoms with Crippen LogP contribution in [-0.4, -0.2) is 36.0 Å². The second kappa shape index (κ2) is 7.40. The number of piperidine rings is 1. The van der Waals surface area contributed by atoms with Gasteiger partial charge in [0.05, 0.1) is 4.90 Å². The van der Waals surface area contributed by atoms with Gasteiger partial charge in [-0.2, -0.15) is 9.29 Å².